The highest BCUT2D eigenvalue weighted by Crippen LogP contribution is 2.21. The number of anilines is 2. The van der Waals surface area contributed by atoms with Gasteiger partial charge in [0.15, 0.2) is 0 Å². The topological polar surface area (TPSA) is 57.8 Å². The largest absolute Gasteiger partial charge is 0.323 e. The van der Waals surface area contributed by atoms with Gasteiger partial charge in [-0.1, -0.05) is 29.8 Å². The van der Waals surface area contributed by atoms with Crippen molar-refractivity contribution in [1.29, 1.82) is 0 Å². The number of hydrogen-bond donors (Lipinski definition) is 2. The number of benzene rings is 2. The Morgan fingerprint density at radius 2 is 1.78 bits per heavy atom. The lowest BCUT2D eigenvalue weighted by molar-refractivity contribution is 0.603. The van der Waals surface area contributed by atoms with E-state index in [1.54, 1.807) is 0 Å². The van der Waals surface area contributed by atoms with Crippen LogP contribution >= 0.6 is 0 Å². The second kappa shape index (κ2) is 6.00. The summed E-state index contributed by atoms with van der Waals surface area (Å²) < 4.78 is 26.9. The highest BCUT2D eigenvalue weighted by Gasteiger charge is 2.08. The Bertz CT molecular complexity index is 904. The number of nitrogens with one attached hydrogen (secondary N) is 2. The Labute approximate surface area is 130 Å². The van der Waals surface area contributed by atoms with Crippen molar-refractivity contribution < 1.29 is 8.78 Å². The average Bonchev–Trinajstić information content (AvgIpc) is 2.51. The quantitative estimate of drug-likeness (QED) is 0.774. The van der Waals surface area contributed by atoms with E-state index in [0.29, 0.717) is 5.69 Å². The van der Waals surface area contributed by atoms with Gasteiger partial charge in [0.25, 0.3) is 5.56 Å². The minimum absolute atomic E-state index is 0.0394. The van der Waals surface area contributed by atoms with E-state index in [0.717, 1.165) is 29.3 Å². The number of aromatic nitrogens is 2. The Morgan fingerprint density at radius 1 is 1.04 bits per heavy atom. The van der Waals surface area contributed by atoms with Gasteiger partial charge in [0.1, 0.15) is 11.6 Å². The zero-order chi connectivity index (χ0) is 16.4. The van der Waals surface area contributed by atoms with E-state index in [1.165, 1.54) is 6.07 Å². The Kier molecular flexibility index (Phi) is 3.89. The van der Waals surface area contributed by atoms with E-state index >= 15 is 0 Å². The van der Waals surface area contributed by atoms with Crippen molar-refractivity contribution in [3.8, 4) is 11.3 Å². The van der Waals surface area contributed by atoms with Crippen LogP contribution in [-0.4, -0.2) is 9.97 Å². The number of aromatic amines is 1. The molecule has 0 aliphatic carbocycles. The van der Waals surface area contributed by atoms with Gasteiger partial charge in [-0.25, -0.2) is 13.8 Å². The van der Waals surface area contributed by atoms with Gasteiger partial charge >= 0.3 is 0 Å². The maximum Gasteiger partial charge on any atom is 0.252 e. The molecule has 3 rings (SSSR count). The number of rotatable bonds is 3. The minimum Gasteiger partial charge on any atom is -0.323 e. The Hall–Kier alpha value is -3.02. The van der Waals surface area contributed by atoms with Crippen molar-refractivity contribution in [1.82, 2.24) is 9.97 Å². The van der Waals surface area contributed by atoms with Crippen molar-refractivity contribution in [3.05, 3.63) is 76.1 Å². The summed E-state index contributed by atoms with van der Waals surface area (Å²) in [4.78, 5) is 18.5. The van der Waals surface area contributed by atoms with E-state index < -0.39 is 17.2 Å². The van der Waals surface area contributed by atoms with Gasteiger partial charge in [-0.3, -0.25) is 9.78 Å². The third-order valence-electron chi connectivity index (χ3n) is 3.27. The molecule has 0 bridgehead atoms. The van der Waals surface area contributed by atoms with E-state index in [-0.39, 0.29) is 11.6 Å². The molecule has 0 aliphatic heterocycles. The highest BCUT2D eigenvalue weighted by molar-refractivity contribution is 5.62. The van der Waals surface area contributed by atoms with Crippen LogP contribution < -0.4 is 10.9 Å². The van der Waals surface area contributed by atoms with Crippen LogP contribution in [0, 0.1) is 18.6 Å². The van der Waals surface area contributed by atoms with Gasteiger partial charge in [0, 0.05) is 17.7 Å². The van der Waals surface area contributed by atoms with Crippen LogP contribution in [0.1, 0.15) is 5.56 Å². The van der Waals surface area contributed by atoms with Gasteiger partial charge in [0.2, 0.25) is 5.95 Å². The molecule has 4 nitrogen and oxygen atoms in total. The molecule has 0 saturated carbocycles. The second-order valence-electron chi connectivity index (χ2n) is 5.09. The predicted molar refractivity (Wildman–Crippen MR) is 84.7 cm³/mol. The normalized spacial score (nSPS) is 10.6. The van der Waals surface area contributed by atoms with E-state index in [2.05, 4.69) is 15.3 Å². The van der Waals surface area contributed by atoms with Crippen LogP contribution in [-0.2, 0) is 0 Å². The summed E-state index contributed by atoms with van der Waals surface area (Å²) in [6.45, 7) is 1.95. The van der Waals surface area contributed by atoms with Crippen molar-refractivity contribution in [3.63, 3.8) is 0 Å². The van der Waals surface area contributed by atoms with E-state index in [1.807, 2.05) is 31.2 Å². The monoisotopic (exact) mass is 313 g/mol. The molecule has 0 amide bonds. The van der Waals surface area contributed by atoms with Crippen molar-refractivity contribution >= 4 is 11.6 Å². The molecule has 0 saturated heterocycles. The molecule has 0 fully saturated rings. The fourth-order valence-electron chi connectivity index (χ4n) is 2.11. The maximum atomic E-state index is 13.7. The standard InChI is InChI=1S/C17H13F2N3O/c1-10-2-4-11(5-3-10)14-9-16(23)22-17(20-14)21-15-8-12(18)6-7-13(15)19/h2-9H,1H3,(H2,20,21,22,23). The minimum atomic E-state index is -0.644. The van der Waals surface area contributed by atoms with Gasteiger partial charge in [0.05, 0.1) is 11.4 Å². The highest BCUT2D eigenvalue weighted by atomic mass is 19.1. The molecule has 0 atom stereocenters. The lowest BCUT2D eigenvalue weighted by Crippen LogP contribution is -2.11. The van der Waals surface area contributed by atoms with Crippen LogP contribution in [0.25, 0.3) is 11.3 Å². The summed E-state index contributed by atoms with van der Waals surface area (Å²) in [5.41, 5.74) is 1.78. The number of hydrogen-bond acceptors (Lipinski definition) is 3. The molecule has 23 heavy (non-hydrogen) atoms. The number of aryl methyl sites for hydroxylation is 1. The summed E-state index contributed by atoms with van der Waals surface area (Å²) in [6.07, 6.45) is 0. The van der Waals surface area contributed by atoms with Gasteiger partial charge in [-0.05, 0) is 19.1 Å². The van der Waals surface area contributed by atoms with Crippen molar-refractivity contribution in [2.24, 2.45) is 0 Å². The smallest absolute Gasteiger partial charge is 0.252 e. The van der Waals surface area contributed by atoms with Crippen LogP contribution in [0.5, 0.6) is 0 Å². The van der Waals surface area contributed by atoms with Crippen molar-refractivity contribution in [2.75, 3.05) is 5.32 Å². The maximum absolute atomic E-state index is 13.7. The first-order chi connectivity index (χ1) is 11.0. The van der Waals surface area contributed by atoms with Crippen LogP contribution in [0.15, 0.2) is 53.3 Å². The van der Waals surface area contributed by atoms with Gasteiger partial charge < -0.3 is 5.32 Å². The fraction of sp³-hybridized carbons (Fsp3) is 0.0588. The molecule has 0 aliphatic rings. The third kappa shape index (κ3) is 3.42. The summed E-state index contributed by atoms with van der Waals surface area (Å²) in [5.74, 6) is -1.20. The molecule has 2 aromatic carbocycles. The first-order valence-electron chi connectivity index (χ1n) is 6.92. The third-order valence-corrected chi connectivity index (χ3v) is 3.27. The van der Waals surface area contributed by atoms with Crippen molar-refractivity contribution in [2.45, 2.75) is 6.92 Å². The van der Waals surface area contributed by atoms with Crippen LogP contribution in [0.4, 0.5) is 20.4 Å². The van der Waals surface area contributed by atoms with Gasteiger partial charge in [-0.2, -0.15) is 0 Å². The molecule has 0 spiro atoms. The summed E-state index contributed by atoms with van der Waals surface area (Å²) >= 11 is 0. The summed E-state index contributed by atoms with van der Waals surface area (Å²) in [5, 5.41) is 2.59. The number of halogens is 2. The molecule has 0 unspecified atom stereocenters. The SMILES string of the molecule is Cc1ccc(-c2cc(=O)[nH]c(Nc3cc(F)ccc3F)n2)cc1. The fourth-order valence-corrected chi connectivity index (χ4v) is 2.11. The van der Waals surface area contributed by atoms with Gasteiger partial charge in [-0.15, -0.1) is 0 Å². The zero-order valence-corrected chi connectivity index (χ0v) is 12.2. The first kappa shape index (κ1) is 14.9. The molecule has 1 aromatic heterocycles. The molecule has 1 heterocycles. The summed E-state index contributed by atoms with van der Waals surface area (Å²) in [7, 11) is 0. The zero-order valence-electron chi connectivity index (χ0n) is 12.2. The molecule has 6 heteroatoms. The predicted octanol–water partition coefficient (Wildman–Crippen LogP) is 3.77. The Balaban J connectivity index is 1.99. The molecule has 3 aromatic rings. The lowest BCUT2D eigenvalue weighted by Gasteiger charge is -2.08. The molecular weight excluding hydrogens is 300 g/mol. The summed E-state index contributed by atoms with van der Waals surface area (Å²) in [6, 6.07) is 11.8. The number of H-pyrrole nitrogens is 1. The van der Waals surface area contributed by atoms with Crippen LogP contribution in [0.2, 0.25) is 0 Å². The Morgan fingerprint density at radius 3 is 2.52 bits per heavy atom. The average molecular weight is 313 g/mol. The van der Waals surface area contributed by atoms with Crippen LogP contribution in [0.3, 0.4) is 0 Å². The second-order valence-corrected chi connectivity index (χ2v) is 5.09. The van der Waals surface area contributed by atoms with E-state index in [9.17, 15) is 13.6 Å². The molecule has 2 N–H and O–H groups in total. The molecular formula is C17H13F2N3O. The first-order valence-corrected chi connectivity index (χ1v) is 6.92. The van der Waals surface area contributed by atoms with E-state index in [4.69, 9.17) is 0 Å². The molecule has 116 valence electrons. The molecule has 0 radical (unpaired) electrons. The lowest BCUT2D eigenvalue weighted by atomic mass is 10.1. The number of nitrogens with zero attached hydrogens (tertiary/aromatic N) is 1.